The van der Waals surface area contributed by atoms with Crippen LogP contribution in [0.25, 0.3) is 0 Å². The standard InChI is InChI=1S/C9H16N2O/c1-8(2)9(12)11-6-3-4-10-5-7-11/h10H,1,3-7H2,2H3. The highest BCUT2D eigenvalue weighted by Crippen LogP contribution is 2.01. The summed E-state index contributed by atoms with van der Waals surface area (Å²) < 4.78 is 0. The van der Waals surface area contributed by atoms with Gasteiger partial charge in [0, 0.05) is 25.2 Å². The van der Waals surface area contributed by atoms with E-state index in [-0.39, 0.29) is 5.91 Å². The van der Waals surface area contributed by atoms with E-state index in [0.717, 1.165) is 32.6 Å². The molecule has 3 nitrogen and oxygen atoms in total. The van der Waals surface area contributed by atoms with Crippen LogP contribution in [0.3, 0.4) is 0 Å². The summed E-state index contributed by atoms with van der Waals surface area (Å²) in [6.07, 6.45) is 1.04. The van der Waals surface area contributed by atoms with Crippen LogP contribution in [0.15, 0.2) is 12.2 Å². The largest absolute Gasteiger partial charge is 0.338 e. The van der Waals surface area contributed by atoms with Gasteiger partial charge in [-0.15, -0.1) is 0 Å². The van der Waals surface area contributed by atoms with Gasteiger partial charge in [-0.2, -0.15) is 0 Å². The first-order valence-corrected chi connectivity index (χ1v) is 4.37. The minimum absolute atomic E-state index is 0.0960. The first-order valence-electron chi connectivity index (χ1n) is 4.37. The number of carbonyl (C=O) groups excluding carboxylic acids is 1. The second-order valence-electron chi connectivity index (χ2n) is 3.18. The fraction of sp³-hybridized carbons (Fsp3) is 0.667. The number of carbonyl (C=O) groups is 1. The second-order valence-corrected chi connectivity index (χ2v) is 3.18. The SMILES string of the molecule is C=C(C)C(=O)N1CCCNCC1. The lowest BCUT2D eigenvalue weighted by atomic mass is 10.3. The fourth-order valence-electron chi connectivity index (χ4n) is 1.32. The summed E-state index contributed by atoms with van der Waals surface area (Å²) in [5.74, 6) is 0.0960. The second kappa shape index (κ2) is 4.26. The molecule has 1 N–H and O–H groups in total. The molecule has 3 heteroatoms. The molecule has 1 amide bonds. The molecular formula is C9H16N2O. The van der Waals surface area contributed by atoms with Crippen molar-refractivity contribution in [2.45, 2.75) is 13.3 Å². The first-order chi connectivity index (χ1) is 5.72. The zero-order valence-corrected chi connectivity index (χ0v) is 7.60. The molecular weight excluding hydrogens is 152 g/mol. The number of rotatable bonds is 1. The maximum absolute atomic E-state index is 11.4. The van der Waals surface area contributed by atoms with Crippen LogP contribution in [0, 0.1) is 0 Å². The average Bonchev–Trinajstić information content (AvgIpc) is 2.30. The zero-order chi connectivity index (χ0) is 8.97. The summed E-state index contributed by atoms with van der Waals surface area (Å²) >= 11 is 0. The van der Waals surface area contributed by atoms with Crippen molar-refractivity contribution in [3.05, 3.63) is 12.2 Å². The molecule has 0 aromatic carbocycles. The van der Waals surface area contributed by atoms with Gasteiger partial charge in [-0.3, -0.25) is 4.79 Å². The van der Waals surface area contributed by atoms with Crippen LogP contribution in [0.1, 0.15) is 13.3 Å². The molecule has 12 heavy (non-hydrogen) atoms. The number of nitrogens with zero attached hydrogens (tertiary/aromatic N) is 1. The number of amides is 1. The van der Waals surface area contributed by atoms with Crippen molar-refractivity contribution < 1.29 is 4.79 Å². The van der Waals surface area contributed by atoms with Gasteiger partial charge in [0.25, 0.3) is 0 Å². The van der Waals surface area contributed by atoms with Gasteiger partial charge in [0.1, 0.15) is 0 Å². The summed E-state index contributed by atoms with van der Waals surface area (Å²) in [5.41, 5.74) is 0.636. The molecule has 1 aliphatic heterocycles. The van der Waals surface area contributed by atoms with E-state index in [0.29, 0.717) is 5.57 Å². The molecule has 1 heterocycles. The smallest absolute Gasteiger partial charge is 0.248 e. The molecule has 1 aliphatic rings. The quantitative estimate of drug-likeness (QED) is 0.574. The molecule has 0 spiro atoms. The highest BCUT2D eigenvalue weighted by molar-refractivity contribution is 5.92. The molecule has 68 valence electrons. The molecule has 1 rings (SSSR count). The van der Waals surface area contributed by atoms with Gasteiger partial charge >= 0.3 is 0 Å². The molecule has 0 aliphatic carbocycles. The van der Waals surface area contributed by atoms with E-state index in [1.165, 1.54) is 0 Å². The normalized spacial score (nSPS) is 18.6. The summed E-state index contributed by atoms with van der Waals surface area (Å²) in [7, 11) is 0. The molecule has 0 aromatic heterocycles. The minimum atomic E-state index is 0.0960. The van der Waals surface area contributed by atoms with Crippen LogP contribution in [0.2, 0.25) is 0 Å². The Morgan fingerprint density at radius 3 is 2.83 bits per heavy atom. The average molecular weight is 168 g/mol. The molecule has 1 saturated heterocycles. The van der Waals surface area contributed by atoms with Crippen LogP contribution in [0.5, 0.6) is 0 Å². The van der Waals surface area contributed by atoms with Crippen molar-refractivity contribution in [3.8, 4) is 0 Å². The summed E-state index contributed by atoms with van der Waals surface area (Å²) in [6, 6.07) is 0. The number of hydrogen-bond donors (Lipinski definition) is 1. The summed E-state index contributed by atoms with van der Waals surface area (Å²) in [5, 5.41) is 3.25. The Morgan fingerprint density at radius 2 is 2.17 bits per heavy atom. The van der Waals surface area contributed by atoms with E-state index in [9.17, 15) is 4.79 Å². The van der Waals surface area contributed by atoms with Crippen molar-refractivity contribution in [2.24, 2.45) is 0 Å². The van der Waals surface area contributed by atoms with Crippen molar-refractivity contribution >= 4 is 5.91 Å². The Kier molecular flexibility index (Phi) is 3.29. The lowest BCUT2D eigenvalue weighted by molar-refractivity contribution is -0.126. The first kappa shape index (κ1) is 9.26. The third-order valence-corrected chi connectivity index (χ3v) is 1.99. The van der Waals surface area contributed by atoms with E-state index in [1.807, 2.05) is 4.90 Å². The Labute approximate surface area is 73.4 Å². The van der Waals surface area contributed by atoms with Crippen LogP contribution < -0.4 is 5.32 Å². The predicted octanol–water partition coefficient (Wildman–Crippen LogP) is 0.384. The Bertz CT molecular complexity index is 181. The van der Waals surface area contributed by atoms with Crippen molar-refractivity contribution in [1.82, 2.24) is 10.2 Å². The van der Waals surface area contributed by atoms with Gasteiger partial charge in [-0.05, 0) is 19.9 Å². The summed E-state index contributed by atoms with van der Waals surface area (Å²) in [6.45, 7) is 9.00. The molecule has 0 saturated carbocycles. The van der Waals surface area contributed by atoms with Crippen molar-refractivity contribution in [2.75, 3.05) is 26.2 Å². The highest BCUT2D eigenvalue weighted by atomic mass is 16.2. The van der Waals surface area contributed by atoms with Gasteiger partial charge < -0.3 is 10.2 Å². The van der Waals surface area contributed by atoms with Gasteiger partial charge in [0.05, 0.1) is 0 Å². The van der Waals surface area contributed by atoms with E-state index < -0.39 is 0 Å². The lowest BCUT2D eigenvalue weighted by Gasteiger charge is -2.19. The molecule has 0 aromatic rings. The van der Waals surface area contributed by atoms with Gasteiger partial charge in [-0.25, -0.2) is 0 Å². The van der Waals surface area contributed by atoms with Crippen molar-refractivity contribution in [1.29, 1.82) is 0 Å². The van der Waals surface area contributed by atoms with Gasteiger partial charge in [0.15, 0.2) is 0 Å². The molecule has 0 atom stereocenters. The molecule has 0 radical (unpaired) electrons. The van der Waals surface area contributed by atoms with Crippen LogP contribution in [0.4, 0.5) is 0 Å². The number of nitrogens with one attached hydrogen (secondary N) is 1. The predicted molar refractivity (Wildman–Crippen MR) is 48.9 cm³/mol. The lowest BCUT2D eigenvalue weighted by Crippen LogP contribution is -2.34. The van der Waals surface area contributed by atoms with E-state index in [2.05, 4.69) is 11.9 Å². The monoisotopic (exact) mass is 168 g/mol. The molecule has 0 unspecified atom stereocenters. The van der Waals surface area contributed by atoms with Gasteiger partial charge in [0.2, 0.25) is 5.91 Å². The van der Waals surface area contributed by atoms with E-state index in [4.69, 9.17) is 0 Å². The maximum Gasteiger partial charge on any atom is 0.248 e. The fourth-order valence-corrected chi connectivity index (χ4v) is 1.32. The van der Waals surface area contributed by atoms with Crippen molar-refractivity contribution in [3.63, 3.8) is 0 Å². The maximum atomic E-state index is 11.4. The Hall–Kier alpha value is -0.830. The topological polar surface area (TPSA) is 32.3 Å². The number of hydrogen-bond acceptors (Lipinski definition) is 2. The van der Waals surface area contributed by atoms with E-state index in [1.54, 1.807) is 6.92 Å². The van der Waals surface area contributed by atoms with Crippen LogP contribution in [-0.2, 0) is 4.79 Å². The Morgan fingerprint density at radius 1 is 1.42 bits per heavy atom. The molecule has 0 bridgehead atoms. The Balaban J connectivity index is 2.48. The highest BCUT2D eigenvalue weighted by Gasteiger charge is 2.14. The van der Waals surface area contributed by atoms with Gasteiger partial charge in [-0.1, -0.05) is 6.58 Å². The molecule has 1 fully saturated rings. The van der Waals surface area contributed by atoms with Crippen LogP contribution in [-0.4, -0.2) is 37.0 Å². The summed E-state index contributed by atoms with van der Waals surface area (Å²) in [4.78, 5) is 13.3. The minimum Gasteiger partial charge on any atom is -0.338 e. The van der Waals surface area contributed by atoms with Crippen LogP contribution >= 0.6 is 0 Å². The zero-order valence-electron chi connectivity index (χ0n) is 7.60. The van der Waals surface area contributed by atoms with E-state index >= 15 is 0 Å². The third-order valence-electron chi connectivity index (χ3n) is 1.99. The third kappa shape index (κ3) is 2.34.